The highest BCUT2D eigenvalue weighted by Gasteiger charge is 2.24. The summed E-state index contributed by atoms with van der Waals surface area (Å²) in [5.41, 5.74) is 3.75. The molecule has 1 aromatic carbocycles. The van der Waals surface area contributed by atoms with Gasteiger partial charge in [-0.05, 0) is 43.3 Å². The van der Waals surface area contributed by atoms with Gasteiger partial charge in [-0.25, -0.2) is 4.52 Å². The molecule has 1 fully saturated rings. The summed E-state index contributed by atoms with van der Waals surface area (Å²) in [6.45, 7) is 6.37. The lowest BCUT2D eigenvalue weighted by atomic mass is 10.1. The summed E-state index contributed by atoms with van der Waals surface area (Å²) in [7, 11) is 0. The fraction of sp³-hybridized carbons (Fsp3) is 0.316. The van der Waals surface area contributed by atoms with Gasteiger partial charge in [-0.2, -0.15) is 5.10 Å². The van der Waals surface area contributed by atoms with Gasteiger partial charge in [0.1, 0.15) is 0 Å². The van der Waals surface area contributed by atoms with Gasteiger partial charge in [0.25, 0.3) is 0 Å². The molecule has 0 aliphatic carbocycles. The number of hydrogen-bond acceptors (Lipinski definition) is 3. The molecule has 3 heterocycles. The zero-order chi connectivity index (χ0) is 16.5. The van der Waals surface area contributed by atoms with Gasteiger partial charge in [0.05, 0.1) is 11.7 Å². The molecule has 0 amide bonds. The molecule has 3 aromatic rings. The second kappa shape index (κ2) is 6.46. The maximum atomic E-state index is 6.00. The standard InChI is InChI=1S/C19H21ClN4/c1-15-13-22(10-11-23(15)18-7-5-17(20)6-8-18)14-16-12-21-24-9-3-2-4-19(16)24/h2-9,12,15H,10-11,13-14H2,1H3/t15-/m1/s1. The average Bonchev–Trinajstić information content (AvgIpc) is 2.99. The minimum Gasteiger partial charge on any atom is -0.366 e. The third-order valence-electron chi connectivity index (χ3n) is 4.77. The van der Waals surface area contributed by atoms with Crippen LogP contribution in [0.15, 0.2) is 54.9 Å². The van der Waals surface area contributed by atoms with Crippen LogP contribution in [0, 0.1) is 0 Å². The molecule has 0 radical (unpaired) electrons. The van der Waals surface area contributed by atoms with E-state index in [1.807, 2.05) is 35.1 Å². The van der Waals surface area contributed by atoms with E-state index in [2.05, 4.69) is 46.1 Å². The molecule has 2 aromatic heterocycles. The molecule has 0 saturated carbocycles. The van der Waals surface area contributed by atoms with Gasteiger partial charge in [0.15, 0.2) is 0 Å². The number of hydrogen-bond donors (Lipinski definition) is 0. The van der Waals surface area contributed by atoms with Crippen LogP contribution in [0.25, 0.3) is 5.52 Å². The van der Waals surface area contributed by atoms with Crippen molar-refractivity contribution >= 4 is 22.8 Å². The predicted octanol–water partition coefficient (Wildman–Crippen LogP) is 3.70. The lowest BCUT2D eigenvalue weighted by Crippen LogP contribution is -2.51. The summed E-state index contributed by atoms with van der Waals surface area (Å²) in [6.07, 6.45) is 3.99. The number of benzene rings is 1. The van der Waals surface area contributed by atoms with Crippen molar-refractivity contribution in [3.63, 3.8) is 0 Å². The minimum absolute atomic E-state index is 0.474. The first-order chi connectivity index (χ1) is 11.7. The Morgan fingerprint density at radius 1 is 1.12 bits per heavy atom. The SMILES string of the molecule is C[C@@H]1CN(Cc2cnn3ccccc23)CCN1c1ccc(Cl)cc1. The molecule has 5 heteroatoms. The van der Waals surface area contributed by atoms with E-state index in [9.17, 15) is 0 Å². The Kier molecular flexibility index (Phi) is 4.17. The lowest BCUT2D eigenvalue weighted by molar-refractivity contribution is 0.221. The number of halogens is 1. The number of nitrogens with zero attached hydrogens (tertiary/aromatic N) is 4. The van der Waals surface area contributed by atoms with Crippen LogP contribution in [-0.4, -0.2) is 40.2 Å². The molecule has 0 N–H and O–H groups in total. The summed E-state index contributed by atoms with van der Waals surface area (Å²) in [5, 5.41) is 5.23. The largest absolute Gasteiger partial charge is 0.366 e. The number of rotatable bonds is 3. The monoisotopic (exact) mass is 340 g/mol. The summed E-state index contributed by atoms with van der Waals surface area (Å²) in [6, 6.07) is 14.8. The Hall–Kier alpha value is -2.04. The van der Waals surface area contributed by atoms with Crippen molar-refractivity contribution in [2.24, 2.45) is 0 Å². The van der Waals surface area contributed by atoms with E-state index < -0.39 is 0 Å². The summed E-state index contributed by atoms with van der Waals surface area (Å²) in [4.78, 5) is 4.98. The molecule has 1 saturated heterocycles. The Morgan fingerprint density at radius 3 is 2.75 bits per heavy atom. The summed E-state index contributed by atoms with van der Waals surface area (Å²) >= 11 is 6.00. The smallest absolute Gasteiger partial charge is 0.0706 e. The van der Waals surface area contributed by atoms with Crippen LogP contribution in [0.3, 0.4) is 0 Å². The zero-order valence-corrected chi connectivity index (χ0v) is 14.5. The molecular weight excluding hydrogens is 320 g/mol. The predicted molar refractivity (Wildman–Crippen MR) is 98.7 cm³/mol. The third-order valence-corrected chi connectivity index (χ3v) is 5.02. The van der Waals surface area contributed by atoms with Gasteiger partial charge >= 0.3 is 0 Å². The second-order valence-corrected chi connectivity index (χ2v) is 6.89. The highest BCUT2D eigenvalue weighted by Crippen LogP contribution is 2.23. The van der Waals surface area contributed by atoms with E-state index in [0.29, 0.717) is 6.04 Å². The first-order valence-electron chi connectivity index (χ1n) is 8.36. The van der Waals surface area contributed by atoms with Crippen molar-refractivity contribution in [2.75, 3.05) is 24.5 Å². The van der Waals surface area contributed by atoms with Crippen LogP contribution in [0.4, 0.5) is 5.69 Å². The third kappa shape index (κ3) is 2.99. The van der Waals surface area contributed by atoms with Crippen molar-refractivity contribution in [2.45, 2.75) is 19.5 Å². The molecule has 0 spiro atoms. The number of pyridine rings is 1. The molecule has 24 heavy (non-hydrogen) atoms. The second-order valence-electron chi connectivity index (χ2n) is 6.45. The average molecular weight is 341 g/mol. The lowest BCUT2D eigenvalue weighted by Gasteiger charge is -2.41. The Labute approximate surface area is 147 Å². The van der Waals surface area contributed by atoms with E-state index in [1.165, 1.54) is 16.8 Å². The van der Waals surface area contributed by atoms with E-state index in [1.54, 1.807) is 0 Å². The van der Waals surface area contributed by atoms with Gasteiger partial charge in [0.2, 0.25) is 0 Å². The van der Waals surface area contributed by atoms with E-state index in [0.717, 1.165) is 31.2 Å². The molecule has 124 valence electrons. The van der Waals surface area contributed by atoms with Crippen molar-refractivity contribution in [1.82, 2.24) is 14.5 Å². The Bertz CT molecular complexity index is 827. The van der Waals surface area contributed by atoms with Crippen LogP contribution in [-0.2, 0) is 6.54 Å². The topological polar surface area (TPSA) is 23.8 Å². The van der Waals surface area contributed by atoms with Gasteiger partial charge in [-0.15, -0.1) is 0 Å². The van der Waals surface area contributed by atoms with E-state index in [-0.39, 0.29) is 0 Å². The molecule has 1 atom stereocenters. The number of aromatic nitrogens is 2. The van der Waals surface area contributed by atoms with Crippen LogP contribution in [0.1, 0.15) is 12.5 Å². The minimum atomic E-state index is 0.474. The molecule has 1 aliphatic rings. The van der Waals surface area contributed by atoms with Crippen molar-refractivity contribution < 1.29 is 0 Å². The molecular formula is C19H21ClN4. The van der Waals surface area contributed by atoms with Crippen molar-refractivity contribution in [1.29, 1.82) is 0 Å². The van der Waals surface area contributed by atoms with Crippen LogP contribution in [0.5, 0.6) is 0 Å². The molecule has 4 nitrogen and oxygen atoms in total. The normalized spacial score (nSPS) is 19.1. The molecule has 0 unspecified atom stereocenters. The van der Waals surface area contributed by atoms with Crippen LogP contribution >= 0.6 is 11.6 Å². The first kappa shape index (κ1) is 15.5. The summed E-state index contributed by atoms with van der Waals surface area (Å²) in [5.74, 6) is 0. The fourth-order valence-corrected chi connectivity index (χ4v) is 3.67. The Balaban J connectivity index is 1.45. The summed E-state index contributed by atoms with van der Waals surface area (Å²) < 4.78 is 1.95. The highest BCUT2D eigenvalue weighted by molar-refractivity contribution is 6.30. The maximum absolute atomic E-state index is 6.00. The zero-order valence-electron chi connectivity index (χ0n) is 13.8. The Morgan fingerprint density at radius 2 is 1.96 bits per heavy atom. The van der Waals surface area contributed by atoms with Crippen LogP contribution in [0.2, 0.25) is 5.02 Å². The van der Waals surface area contributed by atoms with E-state index in [4.69, 9.17) is 11.6 Å². The van der Waals surface area contributed by atoms with E-state index >= 15 is 0 Å². The molecule has 0 bridgehead atoms. The molecule has 4 rings (SSSR count). The van der Waals surface area contributed by atoms with Gasteiger partial charge in [-0.1, -0.05) is 17.7 Å². The first-order valence-corrected chi connectivity index (χ1v) is 8.74. The molecule has 1 aliphatic heterocycles. The number of piperazine rings is 1. The maximum Gasteiger partial charge on any atom is 0.0706 e. The van der Waals surface area contributed by atoms with Crippen molar-refractivity contribution in [3.05, 3.63) is 65.4 Å². The fourth-order valence-electron chi connectivity index (χ4n) is 3.54. The van der Waals surface area contributed by atoms with Gasteiger partial charge in [-0.3, -0.25) is 4.90 Å². The highest BCUT2D eigenvalue weighted by atomic mass is 35.5. The number of fused-ring (bicyclic) bond motifs is 1. The van der Waals surface area contributed by atoms with Gasteiger partial charge in [0, 0.05) is 54.7 Å². The van der Waals surface area contributed by atoms with Gasteiger partial charge < -0.3 is 4.90 Å². The van der Waals surface area contributed by atoms with Crippen LogP contribution < -0.4 is 4.90 Å². The quantitative estimate of drug-likeness (QED) is 0.726. The number of anilines is 1. The van der Waals surface area contributed by atoms with Crippen molar-refractivity contribution in [3.8, 4) is 0 Å².